The van der Waals surface area contributed by atoms with E-state index in [0.717, 1.165) is 48.7 Å². The number of rotatable bonds is 5. The lowest BCUT2D eigenvalue weighted by atomic mass is 9.91. The third kappa shape index (κ3) is 4.12. The van der Waals surface area contributed by atoms with Crippen LogP contribution in [0.4, 0.5) is 0 Å². The fourth-order valence-electron chi connectivity index (χ4n) is 2.74. The highest BCUT2D eigenvalue weighted by atomic mass is 35.5. The minimum atomic E-state index is 0.784. The summed E-state index contributed by atoms with van der Waals surface area (Å²) >= 11 is 6.21. The van der Waals surface area contributed by atoms with E-state index in [0.29, 0.717) is 0 Å². The van der Waals surface area contributed by atoms with Gasteiger partial charge in [-0.25, -0.2) is 0 Å². The molecule has 0 aromatic heterocycles. The lowest BCUT2D eigenvalue weighted by Gasteiger charge is -2.22. The summed E-state index contributed by atoms with van der Waals surface area (Å²) in [5, 5.41) is 4.22. The first kappa shape index (κ1) is 13.3. The second kappa shape index (κ2) is 6.15. The SMILES string of the molecule is Clc1cc(CC2CCNCC2)cc(OCC2CC2)c1. The number of nitrogens with one attached hydrogen (secondary N) is 1. The van der Waals surface area contributed by atoms with Crippen LogP contribution in [-0.2, 0) is 6.42 Å². The van der Waals surface area contributed by atoms with Gasteiger partial charge in [-0.1, -0.05) is 11.6 Å². The molecule has 2 fully saturated rings. The van der Waals surface area contributed by atoms with Crippen LogP contribution >= 0.6 is 11.6 Å². The number of halogens is 1. The van der Waals surface area contributed by atoms with Gasteiger partial charge in [-0.15, -0.1) is 0 Å². The summed E-state index contributed by atoms with van der Waals surface area (Å²) in [6.45, 7) is 3.15. The minimum Gasteiger partial charge on any atom is -0.493 e. The van der Waals surface area contributed by atoms with Crippen LogP contribution in [0.3, 0.4) is 0 Å². The van der Waals surface area contributed by atoms with Gasteiger partial charge in [-0.3, -0.25) is 0 Å². The molecule has 0 radical (unpaired) electrons. The van der Waals surface area contributed by atoms with Crippen LogP contribution in [0.15, 0.2) is 18.2 Å². The molecule has 1 aromatic carbocycles. The number of ether oxygens (including phenoxy) is 1. The Morgan fingerprint density at radius 3 is 2.58 bits per heavy atom. The molecule has 0 atom stereocenters. The Balaban J connectivity index is 1.62. The van der Waals surface area contributed by atoms with Gasteiger partial charge in [0.2, 0.25) is 0 Å². The molecule has 1 aromatic rings. The molecule has 1 saturated heterocycles. The molecule has 0 spiro atoms. The molecule has 3 heteroatoms. The zero-order chi connectivity index (χ0) is 13.1. The van der Waals surface area contributed by atoms with E-state index in [1.807, 2.05) is 6.07 Å². The van der Waals surface area contributed by atoms with Crippen molar-refractivity contribution in [1.29, 1.82) is 0 Å². The highest BCUT2D eigenvalue weighted by molar-refractivity contribution is 6.30. The van der Waals surface area contributed by atoms with E-state index in [9.17, 15) is 0 Å². The summed E-state index contributed by atoms with van der Waals surface area (Å²) in [6.07, 6.45) is 6.31. The van der Waals surface area contributed by atoms with E-state index in [2.05, 4.69) is 17.4 Å². The molecule has 1 saturated carbocycles. The largest absolute Gasteiger partial charge is 0.493 e. The van der Waals surface area contributed by atoms with Crippen LogP contribution in [0.1, 0.15) is 31.2 Å². The Kier molecular flexibility index (Phi) is 4.29. The standard InChI is InChI=1S/C16H22ClNO/c17-15-8-14(7-12-3-5-18-6-4-12)9-16(10-15)19-11-13-1-2-13/h8-10,12-13,18H,1-7,11H2. The summed E-state index contributed by atoms with van der Waals surface area (Å²) in [5.41, 5.74) is 1.32. The molecule has 19 heavy (non-hydrogen) atoms. The van der Waals surface area contributed by atoms with E-state index in [4.69, 9.17) is 16.3 Å². The van der Waals surface area contributed by atoms with Gasteiger partial charge in [-0.2, -0.15) is 0 Å². The number of benzene rings is 1. The van der Waals surface area contributed by atoms with Crippen LogP contribution in [-0.4, -0.2) is 19.7 Å². The van der Waals surface area contributed by atoms with Crippen LogP contribution in [0.2, 0.25) is 5.02 Å². The molecular formula is C16H22ClNO. The van der Waals surface area contributed by atoms with E-state index in [1.165, 1.54) is 31.2 Å². The van der Waals surface area contributed by atoms with Crippen molar-refractivity contribution in [3.05, 3.63) is 28.8 Å². The molecule has 104 valence electrons. The van der Waals surface area contributed by atoms with Crippen LogP contribution < -0.4 is 10.1 Å². The van der Waals surface area contributed by atoms with E-state index < -0.39 is 0 Å². The lowest BCUT2D eigenvalue weighted by Crippen LogP contribution is -2.28. The summed E-state index contributed by atoms with van der Waals surface area (Å²) in [6, 6.07) is 6.21. The van der Waals surface area contributed by atoms with Gasteiger partial charge in [0.25, 0.3) is 0 Å². The Labute approximate surface area is 120 Å². The smallest absolute Gasteiger partial charge is 0.121 e. The topological polar surface area (TPSA) is 21.3 Å². The molecule has 1 N–H and O–H groups in total. The summed E-state index contributed by atoms with van der Waals surface area (Å²) in [4.78, 5) is 0. The molecule has 0 bridgehead atoms. The Bertz CT molecular complexity index is 425. The molecule has 1 aliphatic carbocycles. The normalized spacial score (nSPS) is 20.5. The minimum absolute atomic E-state index is 0.784. The maximum atomic E-state index is 6.21. The van der Waals surface area contributed by atoms with Gasteiger partial charge in [0, 0.05) is 5.02 Å². The molecule has 0 amide bonds. The monoisotopic (exact) mass is 279 g/mol. The maximum absolute atomic E-state index is 6.21. The maximum Gasteiger partial charge on any atom is 0.121 e. The van der Waals surface area contributed by atoms with Gasteiger partial charge in [-0.05, 0) is 80.8 Å². The van der Waals surface area contributed by atoms with Gasteiger partial charge < -0.3 is 10.1 Å². The highest BCUT2D eigenvalue weighted by Crippen LogP contribution is 2.31. The number of piperidine rings is 1. The predicted octanol–water partition coefficient (Wildman–Crippen LogP) is 3.67. The van der Waals surface area contributed by atoms with Crippen LogP contribution in [0, 0.1) is 11.8 Å². The Morgan fingerprint density at radius 1 is 1.05 bits per heavy atom. The summed E-state index contributed by atoms with van der Waals surface area (Å²) in [5.74, 6) is 2.52. The Hall–Kier alpha value is -0.730. The average molecular weight is 280 g/mol. The van der Waals surface area contributed by atoms with E-state index in [1.54, 1.807) is 0 Å². The first-order valence-electron chi connectivity index (χ1n) is 7.42. The zero-order valence-electron chi connectivity index (χ0n) is 11.3. The third-order valence-corrected chi connectivity index (χ3v) is 4.32. The van der Waals surface area contributed by atoms with Crippen molar-refractivity contribution >= 4 is 11.6 Å². The van der Waals surface area contributed by atoms with Crippen molar-refractivity contribution in [3.8, 4) is 5.75 Å². The van der Waals surface area contributed by atoms with Gasteiger partial charge in [0.1, 0.15) is 5.75 Å². The molecule has 0 unspecified atom stereocenters. The molecule has 2 aliphatic rings. The van der Waals surface area contributed by atoms with E-state index >= 15 is 0 Å². The fourth-order valence-corrected chi connectivity index (χ4v) is 2.99. The fraction of sp³-hybridized carbons (Fsp3) is 0.625. The van der Waals surface area contributed by atoms with Crippen molar-refractivity contribution in [3.63, 3.8) is 0 Å². The molecule has 3 rings (SSSR count). The molecule has 1 heterocycles. The summed E-state index contributed by atoms with van der Waals surface area (Å²) < 4.78 is 5.84. The second-order valence-electron chi connectivity index (χ2n) is 5.95. The highest BCUT2D eigenvalue weighted by Gasteiger charge is 2.22. The number of hydrogen-bond donors (Lipinski definition) is 1. The van der Waals surface area contributed by atoms with Gasteiger partial charge in [0.05, 0.1) is 6.61 Å². The van der Waals surface area contributed by atoms with E-state index in [-0.39, 0.29) is 0 Å². The third-order valence-electron chi connectivity index (χ3n) is 4.10. The van der Waals surface area contributed by atoms with Crippen LogP contribution in [0.5, 0.6) is 5.75 Å². The molecule has 1 aliphatic heterocycles. The number of hydrogen-bond acceptors (Lipinski definition) is 2. The van der Waals surface area contributed by atoms with Crippen molar-refractivity contribution in [2.75, 3.05) is 19.7 Å². The molecule has 2 nitrogen and oxygen atoms in total. The summed E-state index contributed by atoms with van der Waals surface area (Å²) in [7, 11) is 0. The molecular weight excluding hydrogens is 258 g/mol. The quantitative estimate of drug-likeness (QED) is 0.888. The van der Waals surface area contributed by atoms with Crippen molar-refractivity contribution in [2.24, 2.45) is 11.8 Å². The van der Waals surface area contributed by atoms with Gasteiger partial charge >= 0.3 is 0 Å². The second-order valence-corrected chi connectivity index (χ2v) is 6.38. The average Bonchev–Trinajstić information content (AvgIpc) is 3.21. The Morgan fingerprint density at radius 2 is 1.84 bits per heavy atom. The van der Waals surface area contributed by atoms with Crippen molar-refractivity contribution in [1.82, 2.24) is 5.32 Å². The lowest BCUT2D eigenvalue weighted by molar-refractivity contribution is 0.299. The van der Waals surface area contributed by atoms with Crippen molar-refractivity contribution in [2.45, 2.75) is 32.1 Å². The first-order valence-corrected chi connectivity index (χ1v) is 7.80. The predicted molar refractivity (Wildman–Crippen MR) is 79.0 cm³/mol. The van der Waals surface area contributed by atoms with Crippen molar-refractivity contribution < 1.29 is 4.74 Å². The van der Waals surface area contributed by atoms with Gasteiger partial charge in [0.15, 0.2) is 0 Å². The van der Waals surface area contributed by atoms with Crippen LogP contribution in [0.25, 0.3) is 0 Å². The first-order chi connectivity index (χ1) is 9.29. The zero-order valence-corrected chi connectivity index (χ0v) is 12.1.